The van der Waals surface area contributed by atoms with Gasteiger partial charge in [0.15, 0.2) is 0 Å². The van der Waals surface area contributed by atoms with Crippen molar-refractivity contribution in [3.8, 4) is 0 Å². The fourth-order valence-corrected chi connectivity index (χ4v) is 1.96. The number of unbranched alkanes of at least 4 members (excludes halogenated alkanes) is 6. The van der Waals surface area contributed by atoms with E-state index in [9.17, 15) is 14.9 Å². The molecule has 120 valence electrons. The number of nitrogens with zero attached hydrogens (tertiary/aromatic N) is 1. The monoisotopic (exact) mass is 297 g/mol. The second kappa shape index (κ2) is 13.3. The lowest BCUT2D eigenvalue weighted by Gasteiger charge is -1.98. The first kappa shape index (κ1) is 19.4. The van der Waals surface area contributed by atoms with Gasteiger partial charge in [0, 0.05) is 18.9 Å². The van der Waals surface area contributed by atoms with Crippen LogP contribution in [0.1, 0.15) is 71.1 Å². The van der Waals surface area contributed by atoms with Crippen LogP contribution in [0.15, 0.2) is 23.9 Å². The predicted molar refractivity (Wildman–Crippen MR) is 83.7 cm³/mol. The fraction of sp³-hybridized carbons (Fsp3) is 0.688. The van der Waals surface area contributed by atoms with Gasteiger partial charge < -0.3 is 5.11 Å². The number of allylic oxidation sites excluding steroid dienone is 4. The second-order valence-electron chi connectivity index (χ2n) is 5.15. The zero-order valence-corrected chi connectivity index (χ0v) is 12.9. The molecule has 0 unspecified atom stereocenters. The molecule has 5 nitrogen and oxygen atoms in total. The molecule has 0 saturated heterocycles. The summed E-state index contributed by atoms with van der Waals surface area (Å²) in [6.45, 7) is 2.11. The molecule has 0 amide bonds. The molecule has 1 N–H and O–H groups in total. The maximum atomic E-state index is 10.9. The van der Waals surface area contributed by atoms with Crippen LogP contribution in [0.2, 0.25) is 0 Å². The van der Waals surface area contributed by atoms with E-state index < -0.39 is 5.97 Å². The van der Waals surface area contributed by atoms with Crippen LogP contribution < -0.4 is 0 Å². The Hall–Kier alpha value is -1.65. The van der Waals surface area contributed by atoms with Crippen LogP contribution >= 0.6 is 0 Å². The van der Waals surface area contributed by atoms with Crippen molar-refractivity contribution in [1.82, 2.24) is 0 Å². The molecule has 0 atom stereocenters. The van der Waals surface area contributed by atoms with Crippen LogP contribution in [0.3, 0.4) is 0 Å². The second-order valence-corrected chi connectivity index (χ2v) is 5.15. The molecule has 0 aliphatic carbocycles. The van der Waals surface area contributed by atoms with Crippen LogP contribution in [0, 0.1) is 10.1 Å². The lowest BCUT2D eigenvalue weighted by molar-refractivity contribution is -0.428. The predicted octanol–water partition coefficient (Wildman–Crippen LogP) is 4.71. The van der Waals surface area contributed by atoms with E-state index in [-0.39, 0.29) is 17.0 Å². The van der Waals surface area contributed by atoms with Gasteiger partial charge in [-0.3, -0.25) is 14.9 Å². The standard InChI is InChI=1S/C16H27NO4/c1-2-3-4-9-12-15(17(20)21)13-10-7-5-6-8-11-14-16(18)19/h7,10,13H,2-6,8-9,11-12,14H2,1H3,(H,18,19)/b10-7+,15-13+. The Kier molecular flexibility index (Phi) is 12.3. The molecule has 0 aliphatic rings. The molecule has 0 aromatic carbocycles. The van der Waals surface area contributed by atoms with Crippen molar-refractivity contribution >= 4 is 5.97 Å². The number of aliphatic carboxylic acids is 1. The van der Waals surface area contributed by atoms with Gasteiger partial charge in [0.1, 0.15) is 0 Å². The number of carbonyl (C=O) groups is 1. The Morgan fingerprint density at radius 3 is 2.38 bits per heavy atom. The molecule has 5 heteroatoms. The number of rotatable bonds is 13. The maximum Gasteiger partial charge on any atom is 0.303 e. The molecule has 0 rings (SSSR count). The average Bonchev–Trinajstić information content (AvgIpc) is 2.43. The molecule has 0 radical (unpaired) electrons. The van der Waals surface area contributed by atoms with Gasteiger partial charge in [-0.2, -0.15) is 0 Å². The van der Waals surface area contributed by atoms with Crippen LogP contribution in [0.4, 0.5) is 0 Å². The normalized spacial score (nSPS) is 12.0. The molecule has 0 aliphatic heterocycles. The number of hydrogen-bond acceptors (Lipinski definition) is 3. The highest BCUT2D eigenvalue weighted by molar-refractivity contribution is 5.66. The van der Waals surface area contributed by atoms with Crippen LogP contribution in [0.5, 0.6) is 0 Å². The minimum Gasteiger partial charge on any atom is -0.481 e. The Labute approximate surface area is 126 Å². The molecule has 0 aromatic rings. The first-order valence-electron chi connectivity index (χ1n) is 7.79. The van der Waals surface area contributed by atoms with E-state index in [1.165, 1.54) is 0 Å². The van der Waals surface area contributed by atoms with Crippen molar-refractivity contribution in [1.29, 1.82) is 0 Å². The van der Waals surface area contributed by atoms with E-state index in [1.807, 2.05) is 6.08 Å². The van der Waals surface area contributed by atoms with Crippen LogP contribution in [-0.4, -0.2) is 16.0 Å². The lowest BCUT2D eigenvalue weighted by atomic mass is 10.1. The van der Waals surface area contributed by atoms with Crippen molar-refractivity contribution in [2.24, 2.45) is 0 Å². The summed E-state index contributed by atoms with van der Waals surface area (Å²) >= 11 is 0. The quantitative estimate of drug-likeness (QED) is 0.231. The Morgan fingerprint density at radius 1 is 1.10 bits per heavy atom. The van der Waals surface area contributed by atoms with E-state index in [1.54, 1.807) is 12.2 Å². The van der Waals surface area contributed by atoms with E-state index in [2.05, 4.69) is 6.92 Å². The summed E-state index contributed by atoms with van der Waals surface area (Å²) < 4.78 is 0. The molecule has 21 heavy (non-hydrogen) atoms. The molecule has 0 aromatic heterocycles. The highest BCUT2D eigenvalue weighted by Crippen LogP contribution is 2.11. The van der Waals surface area contributed by atoms with Crippen molar-refractivity contribution in [3.05, 3.63) is 34.0 Å². The molecule has 0 saturated carbocycles. The van der Waals surface area contributed by atoms with Crippen molar-refractivity contribution in [3.63, 3.8) is 0 Å². The van der Waals surface area contributed by atoms with Crippen LogP contribution in [-0.2, 0) is 4.79 Å². The van der Waals surface area contributed by atoms with Gasteiger partial charge >= 0.3 is 5.97 Å². The molecule has 0 heterocycles. The van der Waals surface area contributed by atoms with E-state index in [0.717, 1.165) is 44.9 Å². The third kappa shape index (κ3) is 13.1. The molecule has 0 fully saturated rings. The highest BCUT2D eigenvalue weighted by atomic mass is 16.6. The largest absolute Gasteiger partial charge is 0.481 e. The summed E-state index contributed by atoms with van der Waals surface area (Å²) in [6, 6.07) is 0. The zero-order chi connectivity index (χ0) is 15.9. The first-order valence-corrected chi connectivity index (χ1v) is 7.79. The van der Waals surface area contributed by atoms with E-state index in [0.29, 0.717) is 12.8 Å². The van der Waals surface area contributed by atoms with Gasteiger partial charge in [-0.15, -0.1) is 0 Å². The number of carboxylic acids is 1. The Morgan fingerprint density at radius 2 is 1.76 bits per heavy atom. The zero-order valence-electron chi connectivity index (χ0n) is 12.9. The lowest BCUT2D eigenvalue weighted by Crippen LogP contribution is -1.98. The molecular formula is C16H27NO4. The third-order valence-corrected chi connectivity index (χ3v) is 3.21. The van der Waals surface area contributed by atoms with Gasteiger partial charge in [-0.25, -0.2) is 0 Å². The number of carboxylic acid groups (broad SMARTS) is 1. The van der Waals surface area contributed by atoms with Gasteiger partial charge in [0.25, 0.3) is 0 Å². The van der Waals surface area contributed by atoms with Gasteiger partial charge in [0.2, 0.25) is 5.70 Å². The Balaban J connectivity index is 3.88. The average molecular weight is 297 g/mol. The van der Waals surface area contributed by atoms with Crippen molar-refractivity contribution < 1.29 is 14.8 Å². The SMILES string of the molecule is CCCCCC/C(=C\C=C\CCCCCC(=O)O)[N+](=O)[O-]. The fourth-order valence-electron chi connectivity index (χ4n) is 1.96. The van der Waals surface area contributed by atoms with Crippen LogP contribution in [0.25, 0.3) is 0 Å². The molecular weight excluding hydrogens is 270 g/mol. The van der Waals surface area contributed by atoms with Gasteiger partial charge in [-0.05, 0) is 25.7 Å². The minimum atomic E-state index is -0.757. The summed E-state index contributed by atoms with van der Waals surface area (Å²) in [5.74, 6) is -0.757. The first-order chi connectivity index (χ1) is 10.1. The minimum absolute atomic E-state index is 0.215. The number of nitro groups is 1. The third-order valence-electron chi connectivity index (χ3n) is 3.21. The maximum absolute atomic E-state index is 10.9. The summed E-state index contributed by atoms with van der Waals surface area (Å²) in [6.07, 6.45) is 13.4. The summed E-state index contributed by atoms with van der Waals surface area (Å²) in [5, 5.41) is 19.4. The summed E-state index contributed by atoms with van der Waals surface area (Å²) in [7, 11) is 0. The van der Waals surface area contributed by atoms with Crippen molar-refractivity contribution in [2.45, 2.75) is 71.1 Å². The summed E-state index contributed by atoms with van der Waals surface area (Å²) in [4.78, 5) is 20.9. The van der Waals surface area contributed by atoms with E-state index in [4.69, 9.17) is 5.11 Å². The molecule has 0 spiro atoms. The molecule has 0 bridgehead atoms. The Bertz CT molecular complexity index is 361. The smallest absolute Gasteiger partial charge is 0.303 e. The van der Waals surface area contributed by atoms with Gasteiger partial charge in [-0.1, -0.05) is 44.8 Å². The van der Waals surface area contributed by atoms with Gasteiger partial charge in [0.05, 0.1) is 4.92 Å². The van der Waals surface area contributed by atoms with Crippen molar-refractivity contribution in [2.75, 3.05) is 0 Å². The highest BCUT2D eigenvalue weighted by Gasteiger charge is 2.07. The van der Waals surface area contributed by atoms with E-state index >= 15 is 0 Å². The number of hydrogen-bond donors (Lipinski definition) is 1. The topological polar surface area (TPSA) is 80.4 Å². The summed E-state index contributed by atoms with van der Waals surface area (Å²) in [5.41, 5.74) is 0.272.